The summed E-state index contributed by atoms with van der Waals surface area (Å²) >= 11 is 0. The van der Waals surface area contributed by atoms with Crippen molar-refractivity contribution >= 4 is 5.97 Å². The van der Waals surface area contributed by atoms with E-state index in [0.717, 1.165) is 5.56 Å². The van der Waals surface area contributed by atoms with E-state index in [0.29, 0.717) is 0 Å². The van der Waals surface area contributed by atoms with Crippen molar-refractivity contribution in [1.82, 2.24) is 5.32 Å². The normalized spacial score (nSPS) is 14.1. The number of hydrogen-bond donors (Lipinski definition) is 1. The molecule has 0 aliphatic heterocycles. The van der Waals surface area contributed by atoms with E-state index in [-0.39, 0.29) is 23.7 Å². The van der Waals surface area contributed by atoms with E-state index >= 15 is 0 Å². The van der Waals surface area contributed by atoms with Gasteiger partial charge < -0.3 is 9.47 Å². The molecule has 0 fully saturated rings. The molecule has 0 aromatic heterocycles. The average molecular weight is 301 g/mol. The number of benzene rings is 1. The number of ether oxygens (including phenoxy) is 2. The van der Waals surface area contributed by atoms with Crippen molar-refractivity contribution in [3.63, 3.8) is 0 Å². The maximum absolute atomic E-state index is 12.2. The number of alkyl halides is 2. The fourth-order valence-corrected chi connectivity index (χ4v) is 1.99. The zero-order chi connectivity index (χ0) is 16.0. The summed E-state index contributed by atoms with van der Waals surface area (Å²) in [5, 5.41) is 3.15. The molecule has 0 aliphatic carbocycles. The van der Waals surface area contributed by atoms with Gasteiger partial charge in [0, 0.05) is 6.04 Å². The fraction of sp³-hybridized carbons (Fsp3) is 0.533. The third kappa shape index (κ3) is 5.30. The Bertz CT molecular complexity index is 466. The Morgan fingerprint density at radius 2 is 1.90 bits per heavy atom. The molecule has 1 unspecified atom stereocenters. The van der Waals surface area contributed by atoms with Crippen LogP contribution in [0.4, 0.5) is 8.78 Å². The van der Waals surface area contributed by atoms with Crippen LogP contribution >= 0.6 is 0 Å². The van der Waals surface area contributed by atoms with Crippen LogP contribution in [0.15, 0.2) is 24.3 Å². The first-order chi connectivity index (χ1) is 9.85. The lowest BCUT2D eigenvalue weighted by Crippen LogP contribution is -2.42. The van der Waals surface area contributed by atoms with Gasteiger partial charge in [-0.15, -0.1) is 0 Å². The van der Waals surface area contributed by atoms with Crippen LogP contribution in [0, 0.1) is 5.92 Å². The highest BCUT2D eigenvalue weighted by atomic mass is 19.3. The van der Waals surface area contributed by atoms with Crippen LogP contribution in [0.2, 0.25) is 0 Å². The maximum Gasteiger partial charge on any atom is 0.387 e. The second-order valence-corrected chi connectivity index (χ2v) is 5.08. The number of nitrogens with one attached hydrogen (secondary N) is 1. The number of rotatable bonds is 7. The van der Waals surface area contributed by atoms with E-state index in [4.69, 9.17) is 4.74 Å². The molecule has 0 heterocycles. The molecule has 6 heteroatoms. The molecule has 1 rings (SSSR count). The lowest BCUT2D eigenvalue weighted by molar-refractivity contribution is -0.144. The van der Waals surface area contributed by atoms with E-state index in [2.05, 4.69) is 10.1 Å². The molecular weight excluding hydrogens is 280 g/mol. The van der Waals surface area contributed by atoms with Crippen molar-refractivity contribution in [3.05, 3.63) is 29.8 Å². The van der Waals surface area contributed by atoms with Crippen molar-refractivity contribution in [2.75, 3.05) is 7.11 Å². The van der Waals surface area contributed by atoms with Crippen molar-refractivity contribution in [2.45, 2.75) is 39.5 Å². The molecule has 0 bridgehead atoms. The Morgan fingerprint density at radius 1 is 1.24 bits per heavy atom. The third-order valence-electron chi connectivity index (χ3n) is 3.13. The van der Waals surface area contributed by atoms with Crippen LogP contribution in [-0.2, 0) is 9.53 Å². The van der Waals surface area contributed by atoms with Crippen LogP contribution in [0.3, 0.4) is 0 Å². The second-order valence-electron chi connectivity index (χ2n) is 5.08. The second kappa shape index (κ2) is 7.93. The van der Waals surface area contributed by atoms with Crippen LogP contribution < -0.4 is 10.1 Å². The smallest absolute Gasteiger partial charge is 0.387 e. The Hall–Kier alpha value is -1.69. The van der Waals surface area contributed by atoms with Crippen molar-refractivity contribution in [1.29, 1.82) is 0 Å². The van der Waals surface area contributed by atoms with Gasteiger partial charge in [0.25, 0.3) is 0 Å². The van der Waals surface area contributed by atoms with Gasteiger partial charge in [-0.2, -0.15) is 8.78 Å². The molecule has 1 N–H and O–H groups in total. The molecule has 0 amide bonds. The van der Waals surface area contributed by atoms with E-state index in [1.807, 2.05) is 20.8 Å². The minimum atomic E-state index is -2.86. The summed E-state index contributed by atoms with van der Waals surface area (Å²) in [5.74, 6) is -0.215. The van der Waals surface area contributed by atoms with E-state index in [1.165, 1.54) is 19.2 Å². The van der Waals surface area contributed by atoms with Crippen molar-refractivity contribution in [3.8, 4) is 5.75 Å². The minimum absolute atomic E-state index is 0.0420. The summed E-state index contributed by atoms with van der Waals surface area (Å²) in [6.07, 6.45) is 0. The lowest BCUT2D eigenvalue weighted by Gasteiger charge is -2.24. The molecule has 118 valence electrons. The largest absolute Gasteiger partial charge is 0.468 e. The molecule has 1 aromatic carbocycles. The topological polar surface area (TPSA) is 47.6 Å². The maximum atomic E-state index is 12.2. The van der Waals surface area contributed by atoms with E-state index in [9.17, 15) is 13.6 Å². The van der Waals surface area contributed by atoms with Gasteiger partial charge in [0.05, 0.1) is 7.11 Å². The number of halogens is 2. The van der Waals surface area contributed by atoms with Crippen LogP contribution in [-0.4, -0.2) is 25.7 Å². The van der Waals surface area contributed by atoms with Gasteiger partial charge in [-0.3, -0.25) is 10.1 Å². The highest BCUT2D eigenvalue weighted by Crippen LogP contribution is 2.22. The number of esters is 1. The average Bonchev–Trinajstić information content (AvgIpc) is 2.42. The predicted octanol–water partition coefficient (Wildman–Crippen LogP) is 3.14. The molecule has 1 aromatic rings. The first-order valence-corrected chi connectivity index (χ1v) is 6.73. The van der Waals surface area contributed by atoms with Gasteiger partial charge in [-0.25, -0.2) is 0 Å². The molecule has 0 saturated heterocycles. The first kappa shape index (κ1) is 17.4. The molecule has 0 aliphatic rings. The molecule has 0 spiro atoms. The number of hydrogen-bond acceptors (Lipinski definition) is 4. The lowest BCUT2D eigenvalue weighted by atomic mass is 10.0. The minimum Gasteiger partial charge on any atom is -0.468 e. The highest BCUT2D eigenvalue weighted by molar-refractivity contribution is 5.76. The molecular formula is C15H21F2NO3. The van der Waals surface area contributed by atoms with E-state index in [1.54, 1.807) is 12.1 Å². The molecule has 2 atom stereocenters. The summed E-state index contributed by atoms with van der Waals surface area (Å²) in [7, 11) is 1.33. The zero-order valence-corrected chi connectivity index (χ0v) is 12.6. The zero-order valence-electron chi connectivity index (χ0n) is 12.6. The van der Waals surface area contributed by atoms with Gasteiger partial charge in [0.15, 0.2) is 0 Å². The highest BCUT2D eigenvalue weighted by Gasteiger charge is 2.25. The Morgan fingerprint density at radius 3 is 2.43 bits per heavy atom. The van der Waals surface area contributed by atoms with Gasteiger partial charge in [0.1, 0.15) is 11.8 Å². The van der Waals surface area contributed by atoms with Gasteiger partial charge in [0.2, 0.25) is 0 Å². The first-order valence-electron chi connectivity index (χ1n) is 6.73. The molecule has 0 saturated carbocycles. The van der Waals surface area contributed by atoms with Crippen molar-refractivity contribution in [2.24, 2.45) is 5.92 Å². The summed E-state index contributed by atoms with van der Waals surface area (Å²) in [6.45, 7) is 2.79. The molecule has 4 nitrogen and oxygen atoms in total. The summed E-state index contributed by atoms with van der Waals surface area (Å²) < 4.78 is 33.6. The Kier molecular flexibility index (Phi) is 6.55. The van der Waals surface area contributed by atoms with Crippen LogP contribution in [0.5, 0.6) is 5.75 Å². The SMILES string of the molecule is COC(=O)[C@@H](NC(C)c1cccc(OC(F)F)c1)C(C)C. The number of carbonyl (C=O) groups is 1. The Labute approximate surface area is 123 Å². The summed E-state index contributed by atoms with van der Waals surface area (Å²) in [6, 6.07) is 5.72. The number of methoxy groups -OCH3 is 1. The quantitative estimate of drug-likeness (QED) is 0.786. The summed E-state index contributed by atoms with van der Waals surface area (Å²) in [5.41, 5.74) is 0.753. The molecule has 21 heavy (non-hydrogen) atoms. The van der Waals surface area contributed by atoms with Gasteiger partial charge >= 0.3 is 12.6 Å². The predicted molar refractivity (Wildman–Crippen MR) is 75.3 cm³/mol. The Balaban J connectivity index is 2.82. The standard InChI is InChI=1S/C15H21F2NO3/c1-9(2)13(14(19)20-4)18-10(3)11-6-5-7-12(8-11)21-15(16)17/h5-10,13,15,18H,1-4H3/t10?,13-/m0/s1. The third-order valence-corrected chi connectivity index (χ3v) is 3.13. The molecule has 0 radical (unpaired) electrons. The van der Waals surface area contributed by atoms with Crippen LogP contribution in [0.25, 0.3) is 0 Å². The van der Waals surface area contributed by atoms with Crippen LogP contribution in [0.1, 0.15) is 32.4 Å². The van der Waals surface area contributed by atoms with Gasteiger partial charge in [-0.1, -0.05) is 26.0 Å². The van der Waals surface area contributed by atoms with Crippen molar-refractivity contribution < 1.29 is 23.0 Å². The number of carbonyl (C=O) groups excluding carboxylic acids is 1. The van der Waals surface area contributed by atoms with E-state index < -0.39 is 12.7 Å². The van der Waals surface area contributed by atoms with Gasteiger partial charge in [-0.05, 0) is 30.5 Å². The monoisotopic (exact) mass is 301 g/mol. The fourth-order valence-electron chi connectivity index (χ4n) is 1.99. The summed E-state index contributed by atoms with van der Waals surface area (Å²) in [4.78, 5) is 11.7.